The second-order valence-corrected chi connectivity index (χ2v) is 14.3. The van der Waals surface area contributed by atoms with Gasteiger partial charge < -0.3 is 14.4 Å². The summed E-state index contributed by atoms with van der Waals surface area (Å²) >= 11 is 0. The molecule has 7 heteroatoms. The van der Waals surface area contributed by atoms with Gasteiger partial charge in [0.1, 0.15) is 11.9 Å². The lowest BCUT2D eigenvalue weighted by molar-refractivity contribution is -0.161. The van der Waals surface area contributed by atoms with Gasteiger partial charge in [-0.2, -0.15) is 0 Å². The highest BCUT2D eigenvalue weighted by Gasteiger charge is 2.77. The third-order valence-electron chi connectivity index (χ3n) is 12.0. The van der Waals surface area contributed by atoms with Crippen molar-refractivity contribution in [2.24, 2.45) is 51.8 Å². The number of carbonyl (C=O) groups excluding carboxylic acids is 3. The molecule has 6 fully saturated rings. The molecule has 0 aromatic carbocycles. The second kappa shape index (κ2) is 8.77. The number of nitrogens with zero attached hydrogens (tertiary/aromatic N) is 1. The number of ketones is 1. The van der Waals surface area contributed by atoms with Crippen molar-refractivity contribution in [3.8, 4) is 0 Å². The first kappa shape index (κ1) is 25.8. The number of hydrogen-bond donors (Lipinski definition) is 1. The molecule has 1 spiro atoms. The lowest BCUT2D eigenvalue weighted by Gasteiger charge is -2.55. The van der Waals surface area contributed by atoms with Gasteiger partial charge in [-0.05, 0) is 81.1 Å². The molecule has 2 heterocycles. The molecule has 11 atom stereocenters. The molecule has 1 N–H and O–H groups in total. The molecular formula is C30H46N2O5. The van der Waals surface area contributed by atoms with Crippen molar-refractivity contribution < 1.29 is 23.9 Å². The predicted octanol–water partition coefficient (Wildman–Crippen LogP) is 4.43. The van der Waals surface area contributed by atoms with Crippen LogP contribution in [0, 0.1) is 51.8 Å². The number of Topliss-reactive ketones (excluding diaryl/α,β-unsaturated/α-hetero) is 1. The Labute approximate surface area is 221 Å². The summed E-state index contributed by atoms with van der Waals surface area (Å²) in [6.45, 7) is 11.4. The Morgan fingerprint density at radius 2 is 1.89 bits per heavy atom. The van der Waals surface area contributed by atoms with Crippen LogP contribution >= 0.6 is 0 Å². The fourth-order valence-corrected chi connectivity index (χ4v) is 10.5. The maximum Gasteiger partial charge on any atom is 0.414 e. The third kappa shape index (κ3) is 3.76. The number of alkyl carbamates (subject to hydrolysis) is 1. The number of methoxy groups -OCH3 is 1. The molecule has 6 rings (SSSR count). The molecule has 2 amide bonds. The Balaban J connectivity index is 1.31. The Hall–Kier alpha value is -1.47. The lowest BCUT2D eigenvalue weighted by Crippen LogP contribution is -2.58. The number of piperidine rings is 1. The van der Waals surface area contributed by atoms with Gasteiger partial charge in [0.15, 0.2) is 0 Å². The van der Waals surface area contributed by atoms with Gasteiger partial charge in [-0.15, -0.1) is 0 Å². The Kier molecular flexibility index (Phi) is 6.11. The minimum Gasteiger partial charge on any atom is -0.445 e. The quantitative estimate of drug-likeness (QED) is 0.584. The Morgan fingerprint density at radius 1 is 1.14 bits per heavy atom. The average molecular weight is 515 g/mol. The first-order valence-corrected chi connectivity index (χ1v) is 14.8. The Morgan fingerprint density at radius 3 is 2.54 bits per heavy atom. The van der Waals surface area contributed by atoms with Crippen LogP contribution in [-0.2, 0) is 19.1 Å². The smallest absolute Gasteiger partial charge is 0.414 e. The molecule has 4 saturated carbocycles. The van der Waals surface area contributed by atoms with Crippen molar-refractivity contribution in [3.05, 3.63) is 0 Å². The molecule has 6 aliphatic rings. The van der Waals surface area contributed by atoms with Crippen LogP contribution in [-0.4, -0.2) is 61.6 Å². The molecule has 7 nitrogen and oxygen atoms in total. The van der Waals surface area contributed by atoms with Gasteiger partial charge in [-0.3, -0.25) is 14.9 Å². The molecule has 206 valence electrons. The molecule has 3 unspecified atom stereocenters. The van der Waals surface area contributed by atoms with Gasteiger partial charge in [-0.1, -0.05) is 27.7 Å². The standard InChI is InChI=1S/C30H46N2O5/c1-17(2)12-28(4)14-23(37-27(35)31-26(34)21-16-32-11-8-19(21)15-32)30-13-20(30)6-9-29(18(3)25(28)33)10-7-22(36-5)24(29)30/h17-24H,6-16H2,1-5H3,(H,31,34,35)/t18-,19+,20-,21-,22+,23+,24?,28+,29?,30-/m0/s1. The van der Waals surface area contributed by atoms with E-state index in [0.29, 0.717) is 30.0 Å². The molecular weight excluding hydrogens is 468 g/mol. The van der Waals surface area contributed by atoms with Crippen molar-refractivity contribution in [1.29, 1.82) is 0 Å². The van der Waals surface area contributed by atoms with E-state index in [1.165, 1.54) is 0 Å². The van der Waals surface area contributed by atoms with E-state index in [9.17, 15) is 14.4 Å². The molecule has 2 aliphatic heterocycles. The van der Waals surface area contributed by atoms with Gasteiger partial charge in [0.25, 0.3) is 0 Å². The van der Waals surface area contributed by atoms with E-state index in [1.807, 2.05) is 0 Å². The van der Waals surface area contributed by atoms with E-state index in [-0.39, 0.29) is 46.7 Å². The van der Waals surface area contributed by atoms with Crippen LogP contribution in [0.1, 0.15) is 79.1 Å². The zero-order valence-corrected chi connectivity index (χ0v) is 23.4. The van der Waals surface area contributed by atoms with Crippen LogP contribution in [0.4, 0.5) is 4.79 Å². The number of rotatable bonds is 5. The highest BCUT2D eigenvalue weighted by Crippen LogP contribution is 2.78. The minimum atomic E-state index is -0.621. The van der Waals surface area contributed by atoms with E-state index in [2.05, 4.69) is 37.9 Å². The summed E-state index contributed by atoms with van der Waals surface area (Å²) in [5.74, 6) is 1.40. The van der Waals surface area contributed by atoms with Gasteiger partial charge in [0, 0.05) is 42.9 Å². The number of ether oxygens (including phenoxy) is 2. The molecule has 4 aliphatic carbocycles. The largest absolute Gasteiger partial charge is 0.445 e. The van der Waals surface area contributed by atoms with Crippen molar-refractivity contribution in [2.75, 3.05) is 26.7 Å². The lowest BCUT2D eigenvalue weighted by atomic mass is 9.50. The van der Waals surface area contributed by atoms with Gasteiger partial charge in [0.2, 0.25) is 5.91 Å². The van der Waals surface area contributed by atoms with Crippen LogP contribution in [0.5, 0.6) is 0 Å². The summed E-state index contributed by atoms with van der Waals surface area (Å²) in [5, 5.41) is 2.63. The Bertz CT molecular complexity index is 983. The van der Waals surface area contributed by atoms with Crippen LogP contribution in [0.25, 0.3) is 0 Å². The van der Waals surface area contributed by atoms with E-state index in [1.54, 1.807) is 7.11 Å². The summed E-state index contributed by atoms with van der Waals surface area (Å²) in [6, 6.07) is 0. The van der Waals surface area contributed by atoms with E-state index < -0.39 is 11.5 Å². The molecule has 0 radical (unpaired) electrons. The zero-order chi connectivity index (χ0) is 26.3. The molecule has 37 heavy (non-hydrogen) atoms. The number of nitrogens with one attached hydrogen (secondary N) is 1. The van der Waals surface area contributed by atoms with Crippen LogP contribution < -0.4 is 5.32 Å². The summed E-state index contributed by atoms with van der Waals surface area (Å²) in [4.78, 5) is 43.0. The fourth-order valence-electron chi connectivity index (χ4n) is 10.5. The normalized spacial score (nSPS) is 49.7. The van der Waals surface area contributed by atoms with E-state index >= 15 is 0 Å². The summed E-state index contributed by atoms with van der Waals surface area (Å²) < 4.78 is 12.4. The summed E-state index contributed by atoms with van der Waals surface area (Å²) in [6.07, 6.45) is 6.59. The third-order valence-corrected chi connectivity index (χ3v) is 12.0. The van der Waals surface area contributed by atoms with E-state index in [4.69, 9.17) is 9.47 Å². The second-order valence-electron chi connectivity index (χ2n) is 14.3. The molecule has 0 aromatic heterocycles. The van der Waals surface area contributed by atoms with Crippen LogP contribution in [0.15, 0.2) is 0 Å². The zero-order valence-electron chi connectivity index (χ0n) is 23.4. The van der Waals surface area contributed by atoms with Crippen molar-refractivity contribution in [1.82, 2.24) is 10.2 Å². The van der Waals surface area contributed by atoms with Gasteiger partial charge in [0.05, 0.1) is 12.0 Å². The average Bonchev–Trinajstić information content (AvgIpc) is 3.16. The molecule has 4 bridgehead atoms. The van der Waals surface area contributed by atoms with Gasteiger partial charge >= 0.3 is 6.09 Å². The summed E-state index contributed by atoms with van der Waals surface area (Å²) in [5.41, 5.74) is -0.795. The van der Waals surface area contributed by atoms with E-state index in [0.717, 1.165) is 64.6 Å². The predicted molar refractivity (Wildman–Crippen MR) is 139 cm³/mol. The van der Waals surface area contributed by atoms with Gasteiger partial charge in [-0.25, -0.2) is 4.79 Å². The number of carbonyl (C=O) groups is 3. The maximum absolute atomic E-state index is 14.3. The SMILES string of the molecule is CO[C@@H]1CCC23CC[C@H]4C[C@@]4(C12)[C@H](OC(=O)NC(=O)[C@H]1CN2CC[C@@H]1C2)C[C@@](C)(CC(C)C)C(=O)[C@@H]3C. The monoisotopic (exact) mass is 514 g/mol. The van der Waals surface area contributed by atoms with Crippen molar-refractivity contribution in [3.63, 3.8) is 0 Å². The molecule has 2 saturated heterocycles. The van der Waals surface area contributed by atoms with Crippen LogP contribution in [0.3, 0.4) is 0 Å². The minimum absolute atomic E-state index is 0.0241. The number of fused-ring (bicyclic) bond motifs is 2. The number of amides is 2. The first-order chi connectivity index (χ1) is 17.5. The topological polar surface area (TPSA) is 84.9 Å². The number of hydrogen-bond acceptors (Lipinski definition) is 6. The van der Waals surface area contributed by atoms with Crippen molar-refractivity contribution >= 4 is 17.8 Å². The molecule has 0 aromatic rings. The number of imide groups is 1. The van der Waals surface area contributed by atoms with Crippen LogP contribution in [0.2, 0.25) is 0 Å². The fraction of sp³-hybridized carbons (Fsp3) is 0.900. The first-order valence-electron chi connectivity index (χ1n) is 14.8. The summed E-state index contributed by atoms with van der Waals surface area (Å²) in [7, 11) is 1.80. The maximum atomic E-state index is 14.3. The van der Waals surface area contributed by atoms with Crippen molar-refractivity contribution in [2.45, 2.75) is 91.3 Å². The highest BCUT2D eigenvalue weighted by atomic mass is 16.6. The highest BCUT2D eigenvalue weighted by molar-refractivity contribution is 5.94.